The summed E-state index contributed by atoms with van der Waals surface area (Å²) in [5.74, 6) is 0.604. The minimum atomic E-state index is 0.604. The predicted octanol–water partition coefficient (Wildman–Crippen LogP) is 2.30. The second-order valence-electron chi connectivity index (χ2n) is 5.25. The van der Waals surface area contributed by atoms with Crippen LogP contribution in [0.5, 0.6) is 0 Å². The first kappa shape index (κ1) is 14.1. The van der Waals surface area contributed by atoms with Gasteiger partial charge in [0.2, 0.25) is 0 Å². The molecule has 0 spiro atoms. The Balaban J connectivity index is 1.92. The summed E-state index contributed by atoms with van der Waals surface area (Å²) in [5.41, 5.74) is 8.44. The molecule has 0 aliphatic heterocycles. The van der Waals surface area contributed by atoms with Crippen LogP contribution in [-0.4, -0.2) is 24.2 Å². The van der Waals surface area contributed by atoms with E-state index in [4.69, 9.17) is 5.73 Å². The smallest absolute Gasteiger partial charge is 0.0480 e. The van der Waals surface area contributed by atoms with Crippen LogP contribution < -0.4 is 11.1 Å². The van der Waals surface area contributed by atoms with Gasteiger partial charge in [-0.15, -0.1) is 0 Å². The van der Waals surface area contributed by atoms with Crippen LogP contribution in [0, 0.1) is 5.92 Å². The molecule has 0 saturated carbocycles. The molecule has 104 valence electrons. The van der Waals surface area contributed by atoms with Crippen molar-refractivity contribution in [2.24, 2.45) is 18.7 Å². The number of aromatic nitrogens is 1. The molecular weight excluding hydrogens is 234 g/mol. The third kappa shape index (κ3) is 3.37. The number of hydrogen-bond acceptors (Lipinski definition) is 2. The van der Waals surface area contributed by atoms with Gasteiger partial charge in [0.05, 0.1) is 0 Å². The van der Waals surface area contributed by atoms with E-state index in [2.05, 4.69) is 54.3 Å². The van der Waals surface area contributed by atoms with Gasteiger partial charge in [0, 0.05) is 24.1 Å². The average molecular weight is 259 g/mol. The quantitative estimate of drug-likeness (QED) is 0.749. The summed E-state index contributed by atoms with van der Waals surface area (Å²) in [4.78, 5) is 0. The topological polar surface area (TPSA) is 43.0 Å². The molecule has 0 bridgehead atoms. The molecule has 2 aromatic rings. The van der Waals surface area contributed by atoms with Crippen LogP contribution in [0.1, 0.15) is 18.9 Å². The maximum Gasteiger partial charge on any atom is 0.0480 e. The lowest BCUT2D eigenvalue weighted by Gasteiger charge is -2.12. The summed E-state index contributed by atoms with van der Waals surface area (Å²) in [6.07, 6.45) is 4.46. The van der Waals surface area contributed by atoms with E-state index < -0.39 is 0 Å². The highest BCUT2D eigenvalue weighted by atomic mass is 14.9. The molecule has 0 fully saturated rings. The van der Waals surface area contributed by atoms with Crippen LogP contribution in [0.4, 0.5) is 0 Å². The standard InChI is InChI=1S/C16H25N3/c1-3-13(10-17)11-18-9-8-14-12-19(2)16-7-5-4-6-15(14)16/h4-7,12-13,18H,3,8-11,17H2,1-2H3. The molecule has 0 amide bonds. The molecule has 3 heteroatoms. The van der Waals surface area contributed by atoms with Crippen LogP contribution in [0.3, 0.4) is 0 Å². The molecule has 3 N–H and O–H groups in total. The molecular formula is C16H25N3. The normalized spacial score (nSPS) is 13.0. The molecule has 1 heterocycles. The lowest BCUT2D eigenvalue weighted by molar-refractivity contribution is 0.474. The lowest BCUT2D eigenvalue weighted by atomic mass is 10.1. The van der Waals surface area contributed by atoms with E-state index in [1.54, 1.807) is 0 Å². The first-order chi connectivity index (χ1) is 9.26. The minimum absolute atomic E-state index is 0.604. The maximum atomic E-state index is 5.71. The third-order valence-electron chi connectivity index (χ3n) is 3.89. The van der Waals surface area contributed by atoms with Crippen molar-refractivity contribution in [2.45, 2.75) is 19.8 Å². The number of nitrogens with two attached hydrogens (primary N) is 1. The Morgan fingerprint density at radius 2 is 2.11 bits per heavy atom. The first-order valence-electron chi connectivity index (χ1n) is 7.20. The van der Waals surface area contributed by atoms with Gasteiger partial charge in [-0.3, -0.25) is 0 Å². The van der Waals surface area contributed by atoms with E-state index in [0.29, 0.717) is 5.92 Å². The van der Waals surface area contributed by atoms with Crippen molar-refractivity contribution in [3.05, 3.63) is 36.0 Å². The SMILES string of the molecule is CCC(CN)CNCCc1cn(C)c2ccccc12. The van der Waals surface area contributed by atoms with Crippen LogP contribution in [0.15, 0.2) is 30.5 Å². The Labute approximate surface area is 115 Å². The largest absolute Gasteiger partial charge is 0.350 e. The molecule has 1 unspecified atom stereocenters. The second kappa shape index (κ2) is 6.73. The number of nitrogens with one attached hydrogen (secondary N) is 1. The molecule has 1 aromatic heterocycles. The van der Waals surface area contributed by atoms with Gasteiger partial charge in [0.1, 0.15) is 0 Å². The van der Waals surface area contributed by atoms with E-state index >= 15 is 0 Å². The molecule has 3 nitrogen and oxygen atoms in total. The number of nitrogens with zero attached hydrogens (tertiary/aromatic N) is 1. The predicted molar refractivity (Wildman–Crippen MR) is 82.3 cm³/mol. The molecule has 0 aliphatic rings. The van der Waals surface area contributed by atoms with Crippen LogP contribution in [0.25, 0.3) is 10.9 Å². The highest BCUT2D eigenvalue weighted by Gasteiger charge is 2.06. The Morgan fingerprint density at radius 3 is 2.84 bits per heavy atom. The number of hydrogen-bond donors (Lipinski definition) is 2. The number of aryl methyl sites for hydroxylation is 1. The summed E-state index contributed by atoms with van der Waals surface area (Å²) in [6.45, 7) is 5.02. The van der Waals surface area contributed by atoms with Crippen molar-refractivity contribution in [1.29, 1.82) is 0 Å². The third-order valence-corrected chi connectivity index (χ3v) is 3.89. The Morgan fingerprint density at radius 1 is 1.32 bits per heavy atom. The van der Waals surface area contributed by atoms with E-state index in [9.17, 15) is 0 Å². The average Bonchev–Trinajstić information content (AvgIpc) is 2.76. The molecule has 1 atom stereocenters. The van der Waals surface area contributed by atoms with Gasteiger partial charge >= 0.3 is 0 Å². The summed E-state index contributed by atoms with van der Waals surface area (Å²) < 4.78 is 2.21. The maximum absolute atomic E-state index is 5.71. The molecule has 0 aliphatic carbocycles. The van der Waals surface area contributed by atoms with Crippen molar-refractivity contribution in [3.8, 4) is 0 Å². The van der Waals surface area contributed by atoms with Gasteiger partial charge in [0.25, 0.3) is 0 Å². The Kier molecular flexibility index (Phi) is 5.00. The van der Waals surface area contributed by atoms with Crippen LogP contribution in [0.2, 0.25) is 0 Å². The summed E-state index contributed by atoms with van der Waals surface area (Å²) >= 11 is 0. The molecule has 19 heavy (non-hydrogen) atoms. The number of fused-ring (bicyclic) bond motifs is 1. The van der Waals surface area contributed by atoms with Crippen molar-refractivity contribution in [1.82, 2.24) is 9.88 Å². The van der Waals surface area contributed by atoms with E-state index in [1.165, 1.54) is 16.5 Å². The Hall–Kier alpha value is -1.32. The second-order valence-corrected chi connectivity index (χ2v) is 5.25. The van der Waals surface area contributed by atoms with Gasteiger partial charge < -0.3 is 15.6 Å². The fourth-order valence-corrected chi connectivity index (χ4v) is 2.55. The van der Waals surface area contributed by atoms with Crippen molar-refractivity contribution < 1.29 is 0 Å². The van der Waals surface area contributed by atoms with Gasteiger partial charge in [-0.05, 0) is 43.6 Å². The zero-order valence-electron chi connectivity index (χ0n) is 12.0. The Bertz CT molecular complexity index is 512. The summed E-state index contributed by atoms with van der Waals surface area (Å²) in [7, 11) is 2.11. The molecule has 0 saturated heterocycles. The molecule has 1 aromatic carbocycles. The van der Waals surface area contributed by atoms with E-state index in [0.717, 1.165) is 32.5 Å². The van der Waals surface area contributed by atoms with Gasteiger partial charge in [-0.1, -0.05) is 31.5 Å². The van der Waals surface area contributed by atoms with Gasteiger partial charge in [0.15, 0.2) is 0 Å². The van der Waals surface area contributed by atoms with Crippen molar-refractivity contribution in [3.63, 3.8) is 0 Å². The minimum Gasteiger partial charge on any atom is -0.350 e. The summed E-state index contributed by atoms with van der Waals surface area (Å²) in [6, 6.07) is 8.59. The number of rotatable bonds is 7. The number of benzene rings is 1. The van der Waals surface area contributed by atoms with Crippen LogP contribution in [-0.2, 0) is 13.5 Å². The van der Waals surface area contributed by atoms with Crippen molar-refractivity contribution >= 4 is 10.9 Å². The van der Waals surface area contributed by atoms with E-state index in [1.807, 2.05) is 0 Å². The summed E-state index contributed by atoms with van der Waals surface area (Å²) in [5, 5.41) is 4.89. The molecule has 0 radical (unpaired) electrons. The number of para-hydroxylation sites is 1. The van der Waals surface area contributed by atoms with Gasteiger partial charge in [-0.25, -0.2) is 0 Å². The lowest BCUT2D eigenvalue weighted by Crippen LogP contribution is -2.29. The zero-order valence-corrected chi connectivity index (χ0v) is 12.0. The van der Waals surface area contributed by atoms with Crippen LogP contribution >= 0.6 is 0 Å². The highest BCUT2D eigenvalue weighted by molar-refractivity contribution is 5.83. The molecule has 2 rings (SSSR count). The first-order valence-corrected chi connectivity index (χ1v) is 7.20. The van der Waals surface area contributed by atoms with Crippen molar-refractivity contribution in [2.75, 3.05) is 19.6 Å². The highest BCUT2D eigenvalue weighted by Crippen LogP contribution is 2.20. The van der Waals surface area contributed by atoms with Gasteiger partial charge in [-0.2, -0.15) is 0 Å². The fraction of sp³-hybridized carbons (Fsp3) is 0.500. The monoisotopic (exact) mass is 259 g/mol. The fourth-order valence-electron chi connectivity index (χ4n) is 2.55. The zero-order chi connectivity index (χ0) is 13.7. The van der Waals surface area contributed by atoms with E-state index in [-0.39, 0.29) is 0 Å².